The number of fused-ring (bicyclic) bond motifs is 1. The summed E-state index contributed by atoms with van der Waals surface area (Å²) in [7, 11) is 0. The monoisotopic (exact) mass is 285 g/mol. The molecule has 0 saturated heterocycles. The highest BCUT2D eigenvalue weighted by molar-refractivity contribution is 5.95. The van der Waals surface area contributed by atoms with Crippen molar-refractivity contribution >= 4 is 5.91 Å². The Morgan fingerprint density at radius 1 is 1.29 bits per heavy atom. The van der Waals surface area contributed by atoms with Gasteiger partial charge >= 0.3 is 0 Å². The van der Waals surface area contributed by atoms with Gasteiger partial charge in [-0.25, -0.2) is 0 Å². The highest BCUT2D eigenvalue weighted by atomic mass is 16.2. The molecule has 2 aliphatic rings. The van der Waals surface area contributed by atoms with Gasteiger partial charge in [-0.2, -0.15) is 0 Å². The zero-order valence-corrected chi connectivity index (χ0v) is 12.4. The van der Waals surface area contributed by atoms with Gasteiger partial charge < -0.3 is 14.5 Å². The molecule has 1 aliphatic heterocycles. The fourth-order valence-electron chi connectivity index (χ4n) is 3.11. The summed E-state index contributed by atoms with van der Waals surface area (Å²) in [4.78, 5) is 17.7. The molecule has 0 bridgehead atoms. The molecule has 1 amide bonds. The van der Waals surface area contributed by atoms with Crippen LogP contribution in [0.5, 0.6) is 0 Å². The summed E-state index contributed by atoms with van der Waals surface area (Å²) in [6.07, 6.45) is 2.45. The summed E-state index contributed by atoms with van der Waals surface area (Å²) < 4.78 is 2.21. The molecule has 21 heavy (non-hydrogen) atoms. The van der Waals surface area contributed by atoms with Gasteiger partial charge in [0, 0.05) is 30.4 Å². The Morgan fingerprint density at radius 3 is 2.76 bits per heavy atom. The topological polar surface area (TPSA) is 66.8 Å². The number of hydrogen-bond donors (Lipinski definition) is 1. The minimum absolute atomic E-state index is 0.0825. The number of rotatable bonds is 2. The van der Waals surface area contributed by atoms with E-state index < -0.39 is 0 Å². The second kappa shape index (κ2) is 4.44. The lowest BCUT2D eigenvalue weighted by atomic mass is 10.2. The summed E-state index contributed by atoms with van der Waals surface area (Å²) >= 11 is 0. The van der Waals surface area contributed by atoms with Crippen molar-refractivity contribution in [3.63, 3.8) is 0 Å². The molecule has 0 aromatic carbocycles. The lowest BCUT2D eigenvalue weighted by Gasteiger charge is -2.28. The Kier molecular flexibility index (Phi) is 2.67. The number of carbonyl (C=O) groups excluding carboxylic acids is 1. The Bertz CT molecular complexity index is 710. The van der Waals surface area contributed by atoms with Crippen molar-refractivity contribution in [3.8, 4) is 0 Å². The second-order valence-corrected chi connectivity index (χ2v) is 6.12. The molecule has 3 heterocycles. The van der Waals surface area contributed by atoms with E-state index in [0.29, 0.717) is 12.5 Å². The van der Waals surface area contributed by atoms with Crippen LogP contribution in [0, 0.1) is 13.8 Å². The first-order valence-corrected chi connectivity index (χ1v) is 7.51. The van der Waals surface area contributed by atoms with Crippen molar-refractivity contribution in [3.05, 3.63) is 34.7 Å². The Labute approximate surface area is 123 Å². The third-order valence-corrected chi connectivity index (χ3v) is 4.39. The normalized spacial score (nSPS) is 17.9. The van der Waals surface area contributed by atoms with Crippen molar-refractivity contribution in [2.75, 3.05) is 6.54 Å². The van der Waals surface area contributed by atoms with Gasteiger partial charge in [-0.3, -0.25) is 4.79 Å². The maximum absolute atomic E-state index is 12.6. The Hall–Kier alpha value is -2.11. The first-order valence-electron chi connectivity index (χ1n) is 7.51. The Balaban J connectivity index is 1.58. The number of hydrogen-bond acceptors (Lipinski definition) is 3. The molecule has 0 spiro atoms. The number of aromatic nitrogens is 4. The molecular formula is C15H19N5O. The van der Waals surface area contributed by atoms with E-state index in [2.05, 4.69) is 19.7 Å². The molecule has 0 radical (unpaired) electrons. The highest BCUT2D eigenvalue weighted by Crippen LogP contribution is 2.39. The van der Waals surface area contributed by atoms with Crippen LogP contribution in [0.1, 0.15) is 52.2 Å². The third-order valence-electron chi connectivity index (χ3n) is 4.39. The van der Waals surface area contributed by atoms with Gasteiger partial charge in [0.1, 0.15) is 5.82 Å². The minimum atomic E-state index is 0.0825. The number of aryl methyl sites for hydroxylation is 2. The first kappa shape index (κ1) is 12.6. The summed E-state index contributed by atoms with van der Waals surface area (Å²) in [5, 5.41) is 8.60. The van der Waals surface area contributed by atoms with E-state index in [-0.39, 0.29) is 5.91 Å². The van der Waals surface area contributed by atoms with Crippen molar-refractivity contribution < 1.29 is 4.79 Å². The maximum Gasteiger partial charge on any atom is 0.256 e. The van der Waals surface area contributed by atoms with Gasteiger partial charge in [0.2, 0.25) is 0 Å². The summed E-state index contributed by atoms with van der Waals surface area (Å²) in [6, 6.07) is 1.92. The standard InChI is InChI=1S/C15H19N5O/c1-9-7-12(10(2)16-9)15(21)19-5-6-20-13(8-19)17-18-14(20)11-3-4-11/h7,11,16H,3-6,8H2,1-2H3. The van der Waals surface area contributed by atoms with E-state index in [1.54, 1.807) is 0 Å². The third kappa shape index (κ3) is 2.05. The van der Waals surface area contributed by atoms with Crippen molar-refractivity contribution in [1.29, 1.82) is 0 Å². The quantitative estimate of drug-likeness (QED) is 0.914. The van der Waals surface area contributed by atoms with Gasteiger partial charge in [-0.15, -0.1) is 10.2 Å². The molecule has 0 unspecified atom stereocenters. The molecule has 0 atom stereocenters. The molecule has 4 rings (SSSR count). The predicted octanol–water partition coefficient (Wildman–Crippen LogP) is 1.76. The summed E-state index contributed by atoms with van der Waals surface area (Å²) in [6.45, 7) is 6.01. The fraction of sp³-hybridized carbons (Fsp3) is 0.533. The van der Waals surface area contributed by atoms with Gasteiger partial charge in [0.05, 0.1) is 12.1 Å². The number of amides is 1. The van der Waals surface area contributed by atoms with Crippen LogP contribution in [0.3, 0.4) is 0 Å². The van der Waals surface area contributed by atoms with Gasteiger partial charge in [0.15, 0.2) is 5.82 Å². The number of aromatic amines is 1. The van der Waals surface area contributed by atoms with E-state index in [1.807, 2.05) is 24.8 Å². The van der Waals surface area contributed by atoms with Gasteiger partial charge in [-0.05, 0) is 32.8 Å². The Morgan fingerprint density at radius 2 is 2.10 bits per heavy atom. The molecule has 1 saturated carbocycles. The molecule has 1 aliphatic carbocycles. The molecule has 6 nitrogen and oxygen atoms in total. The second-order valence-electron chi connectivity index (χ2n) is 6.12. The number of carbonyl (C=O) groups is 1. The van der Waals surface area contributed by atoms with E-state index in [0.717, 1.165) is 41.7 Å². The van der Waals surface area contributed by atoms with E-state index >= 15 is 0 Å². The van der Waals surface area contributed by atoms with Gasteiger partial charge in [-0.1, -0.05) is 0 Å². The predicted molar refractivity (Wildman–Crippen MR) is 77.0 cm³/mol. The fourth-order valence-corrected chi connectivity index (χ4v) is 3.11. The molecular weight excluding hydrogens is 266 g/mol. The lowest BCUT2D eigenvalue weighted by Crippen LogP contribution is -2.38. The molecule has 110 valence electrons. The first-order chi connectivity index (χ1) is 10.1. The van der Waals surface area contributed by atoms with Crippen molar-refractivity contribution in [2.45, 2.75) is 45.7 Å². The molecule has 2 aromatic heterocycles. The minimum Gasteiger partial charge on any atom is -0.362 e. The SMILES string of the molecule is Cc1cc(C(=O)N2CCn3c(nnc3C3CC3)C2)c(C)[nH]1. The largest absolute Gasteiger partial charge is 0.362 e. The zero-order valence-electron chi connectivity index (χ0n) is 12.4. The van der Waals surface area contributed by atoms with Crippen molar-refractivity contribution in [2.24, 2.45) is 0 Å². The molecule has 1 fully saturated rings. The average Bonchev–Trinajstić information content (AvgIpc) is 3.13. The summed E-state index contributed by atoms with van der Waals surface area (Å²) in [5.74, 6) is 2.72. The average molecular weight is 285 g/mol. The zero-order chi connectivity index (χ0) is 14.6. The van der Waals surface area contributed by atoms with E-state index in [9.17, 15) is 4.79 Å². The van der Waals surface area contributed by atoms with E-state index in [4.69, 9.17) is 0 Å². The molecule has 2 aromatic rings. The molecule has 6 heteroatoms. The smallest absolute Gasteiger partial charge is 0.256 e. The molecule has 1 N–H and O–H groups in total. The van der Waals surface area contributed by atoms with Crippen LogP contribution in [0.25, 0.3) is 0 Å². The van der Waals surface area contributed by atoms with Crippen LogP contribution in [-0.4, -0.2) is 37.1 Å². The summed E-state index contributed by atoms with van der Waals surface area (Å²) in [5.41, 5.74) is 2.72. The van der Waals surface area contributed by atoms with Crippen LogP contribution in [0.2, 0.25) is 0 Å². The van der Waals surface area contributed by atoms with Crippen LogP contribution < -0.4 is 0 Å². The van der Waals surface area contributed by atoms with E-state index in [1.165, 1.54) is 12.8 Å². The van der Waals surface area contributed by atoms with Crippen molar-refractivity contribution in [1.82, 2.24) is 24.6 Å². The highest BCUT2D eigenvalue weighted by Gasteiger charge is 2.33. The van der Waals surface area contributed by atoms with Crippen LogP contribution >= 0.6 is 0 Å². The number of nitrogens with one attached hydrogen (secondary N) is 1. The number of H-pyrrole nitrogens is 1. The maximum atomic E-state index is 12.6. The van der Waals surface area contributed by atoms with Crippen LogP contribution in [-0.2, 0) is 13.1 Å². The van der Waals surface area contributed by atoms with Crippen LogP contribution in [0.4, 0.5) is 0 Å². The number of nitrogens with zero attached hydrogens (tertiary/aromatic N) is 4. The lowest BCUT2D eigenvalue weighted by molar-refractivity contribution is 0.0706. The van der Waals surface area contributed by atoms with Gasteiger partial charge in [0.25, 0.3) is 5.91 Å². The van der Waals surface area contributed by atoms with Crippen LogP contribution in [0.15, 0.2) is 6.07 Å².